The second-order valence-electron chi connectivity index (χ2n) is 7.78. The number of aryl methyl sites for hydroxylation is 1. The van der Waals surface area contributed by atoms with E-state index in [0.29, 0.717) is 46.4 Å². The number of carbonyl (C=O) groups excluding carboxylic acids is 1. The van der Waals surface area contributed by atoms with Crippen LogP contribution in [-0.2, 0) is 6.54 Å². The molecule has 5 aromatic rings. The second-order valence-corrected chi connectivity index (χ2v) is 8.79. The first kappa shape index (κ1) is 25.3. The van der Waals surface area contributed by atoms with E-state index in [-0.39, 0.29) is 23.8 Å². The van der Waals surface area contributed by atoms with Crippen molar-refractivity contribution < 1.29 is 18.3 Å². The summed E-state index contributed by atoms with van der Waals surface area (Å²) in [6.45, 7) is 0.977. The number of hydrogen-bond donors (Lipinski definition) is 0. The van der Waals surface area contributed by atoms with Crippen LogP contribution in [0.4, 0.5) is 13.9 Å². The summed E-state index contributed by atoms with van der Waals surface area (Å²) in [7, 11) is 0. The minimum absolute atomic E-state index is 0. The number of ether oxygens (including phenoxy) is 1. The first-order chi connectivity index (χ1) is 17.1. The van der Waals surface area contributed by atoms with Gasteiger partial charge in [0.05, 0.1) is 11.0 Å². The lowest BCUT2D eigenvalue weighted by Crippen LogP contribution is -2.32. The van der Waals surface area contributed by atoms with E-state index in [4.69, 9.17) is 4.74 Å². The van der Waals surface area contributed by atoms with Crippen LogP contribution < -0.4 is 9.64 Å². The Morgan fingerprint density at radius 3 is 2.50 bits per heavy atom. The zero-order valence-electron chi connectivity index (χ0n) is 18.9. The lowest BCUT2D eigenvalue weighted by Gasteiger charge is -2.20. The molecule has 0 saturated heterocycles. The van der Waals surface area contributed by atoms with Crippen molar-refractivity contribution in [3.8, 4) is 11.5 Å². The van der Waals surface area contributed by atoms with Gasteiger partial charge in [0.1, 0.15) is 22.8 Å². The maximum Gasteiger partial charge on any atom is 0.260 e. The monoisotopic (exact) mass is 526 g/mol. The van der Waals surface area contributed by atoms with Crippen LogP contribution in [0.3, 0.4) is 0 Å². The number of rotatable bonds is 8. The maximum absolute atomic E-state index is 14.3. The number of para-hydroxylation sites is 1. The molecule has 184 valence electrons. The van der Waals surface area contributed by atoms with E-state index in [2.05, 4.69) is 9.97 Å². The molecule has 6 nitrogen and oxygen atoms in total. The Labute approximate surface area is 216 Å². The molecule has 0 spiro atoms. The van der Waals surface area contributed by atoms with Gasteiger partial charge in [-0.3, -0.25) is 9.69 Å². The molecule has 1 amide bonds. The molecule has 0 saturated carbocycles. The van der Waals surface area contributed by atoms with E-state index in [1.807, 2.05) is 41.1 Å². The van der Waals surface area contributed by atoms with Gasteiger partial charge < -0.3 is 9.30 Å². The molecule has 36 heavy (non-hydrogen) atoms. The van der Waals surface area contributed by atoms with E-state index in [9.17, 15) is 13.6 Å². The molecule has 0 fully saturated rings. The van der Waals surface area contributed by atoms with E-state index >= 15 is 0 Å². The number of fused-ring (bicyclic) bond motifs is 1. The van der Waals surface area contributed by atoms with Crippen LogP contribution in [0.1, 0.15) is 16.8 Å². The number of amides is 1. The molecule has 2 heterocycles. The van der Waals surface area contributed by atoms with Gasteiger partial charge in [-0.05, 0) is 48.9 Å². The number of nitrogens with zero attached hydrogens (tertiary/aromatic N) is 4. The third-order valence-electron chi connectivity index (χ3n) is 5.32. The summed E-state index contributed by atoms with van der Waals surface area (Å²) in [6.07, 6.45) is 5.85. The smallest absolute Gasteiger partial charge is 0.260 e. The normalized spacial score (nSPS) is 10.7. The fourth-order valence-electron chi connectivity index (χ4n) is 3.62. The Hall–Kier alpha value is -3.82. The fourth-order valence-corrected chi connectivity index (χ4v) is 4.65. The zero-order chi connectivity index (χ0) is 24.2. The number of aromatic nitrogens is 3. The highest BCUT2D eigenvalue weighted by Gasteiger charge is 2.22. The van der Waals surface area contributed by atoms with Crippen molar-refractivity contribution in [1.82, 2.24) is 14.5 Å². The van der Waals surface area contributed by atoms with Gasteiger partial charge in [0.2, 0.25) is 0 Å². The van der Waals surface area contributed by atoms with Crippen LogP contribution in [0, 0.1) is 11.6 Å². The second kappa shape index (κ2) is 11.3. The molecule has 0 aliphatic carbocycles. The predicted octanol–water partition coefficient (Wildman–Crippen LogP) is 6.72. The van der Waals surface area contributed by atoms with Gasteiger partial charge in [0.15, 0.2) is 10.9 Å². The third kappa shape index (κ3) is 5.69. The summed E-state index contributed by atoms with van der Waals surface area (Å²) >= 11 is 1.08. The van der Waals surface area contributed by atoms with Crippen LogP contribution in [0.5, 0.6) is 11.5 Å². The fraction of sp³-hybridized carbons (Fsp3) is 0.115. The third-order valence-corrected chi connectivity index (χ3v) is 6.34. The van der Waals surface area contributed by atoms with Crippen molar-refractivity contribution in [2.45, 2.75) is 13.0 Å². The average Bonchev–Trinajstić information content (AvgIpc) is 3.53. The standard InChI is InChI=1S/C26H20F2N4O2S.ClH/c27-19-15-22(28)24-23(16-19)35-26(30-24)32(13-4-12-31-14-11-29-17-31)25(33)18-7-9-21(10-8-18)34-20-5-2-1-3-6-20;/h1-3,5-11,14-17H,4,12-13H2;1H. The molecule has 0 aliphatic heterocycles. The largest absolute Gasteiger partial charge is 0.457 e. The molecule has 10 heteroatoms. The topological polar surface area (TPSA) is 60.2 Å². The van der Waals surface area contributed by atoms with Crippen molar-refractivity contribution in [2.24, 2.45) is 0 Å². The molecule has 0 radical (unpaired) electrons. The molecule has 0 aliphatic rings. The molecule has 0 atom stereocenters. The lowest BCUT2D eigenvalue weighted by molar-refractivity contribution is 0.0986. The molecule has 0 unspecified atom stereocenters. The summed E-state index contributed by atoms with van der Waals surface area (Å²) in [5.41, 5.74) is 0.476. The minimum atomic E-state index is -0.754. The number of anilines is 1. The first-order valence-electron chi connectivity index (χ1n) is 10.9. The minimum Gasteiger partial charge on any atom is -0.457 e. The predicted molar refractivity (Wildman–Crippen MR) is 138 cm³/mol. The molecular weight excluding hydrogens is 506 g/mol. The van der Waals surface area contributed by atoms with Crippen molar-refractivity contribution >= 4 is 45.0 Å². The van der Waals surface area contributed by atoms with E-state index in [1.54, 1.807) is 36.8 Å². The molecule has 0 bridgehead atoms. The maximum atomic E-state index is 14.3. The van der Waals surface area contributed by atoms with Crippen molar-refractivity contribution in [1.29, 1.82) is 0 Å². The number of carbonyl (C=O) groups is 1. The number of benzene rings is 3. The van der Waals surface area contributed by atoms with Crippen LogP contribution in [0.15, 0.2) is 85.5 Å². The van der Waals surface area contributed by atoms with Gasteiger partial charge in [-0.15, -0.1) is 12.4 Å². The van der Waals surface area contributed by atoms with Crippen molar-refractivity contribution in [3.63, 3.8) is 0 Å². The highest BCUT2D eigenvalue weighted by molar-refractivity contribution is 7.22. The Bertz CT molecular complexity index is 1440. The summed E-state index contributed by atoms with van der Waals surface area (Å²) in [5, 5.41) is 0.310. The molecule has 3 aromatic carbocycles. The van der Waals surface area contributed by atoms with Gasteiger partial charge in [-0.25, -0.2) is 18.7 Å². The van der Waals surface area contributed by atoms with E-state index in [1.165, 1.54) is 11.0 Å². The highest BCUT2D eigenvalue weighted by Crippen LogP contribution is 2.32. The summed E-state index contributed by atoms with van der Waals surface area (Å²) in [6, 6.07) is 18.2. The average molecular weight is 527 g/mol. The van der Waals surface area contributed by atoms with E-state index < -0.39 is 11.6 Å². The number of hydrogen-bond acceptors (Lipinski definition) is 5. The van der Waals surface area contributed by atoms with Gasteiger partial charge in [-0.2, -0.15) is 0 Å². The number of thiazole rings is 1. The Balaban J connectivity index is 0.00000304. The van der Waals surface area contributed by atoms with Gasteiger partial charge in [-0.1, -0.05) is 29.5 Å². The van der Waals surface area contributed by atoms with Gasteiger partial charge >= 0.3 is 0 Å². The zero-order valence-corrected chi connectivity index (χ0v) is 20.5. The van der Waals surface area contributed by atoms with Gasteiger partial charge in [0.25, 0.3) is 5.91 Å². The molecule has 5 rings (SSSR count). The van der Waals surface area contributed by atoms with Gasteiger partial charge in [0, 0.05) is 37.1 Å². The highest BCUT2D eigenvalue weighted by atomic mass is 35.5. The SMILES string of the molecule is Cl.O=C(c1ccc(Oc2ccccc2)cc1)N(CCCn1ccnc1)c1nc2c(F)cc(F)cc2s1. The van der Waals surface area contributed by atoms with Crippen LogP contribution in [0.25, 0.3) is 10.2 Å². The first-order valence-corrected chi connectivity index (χ1v) is 11.7. The van der Waals surface area contributed by atoms with Crippen LogP contribution in [-0.4, -0.2) is 27.0 Å². The Morgan fingerprint density at radius 1 is 1.03 bits per heavy atom. The van der Waals surface area contributed by atoms with Crippen LogP contribution in [0.2, 0.25) is 0 Å². The summed E-state index contributed by atoms with van der Waals surface area (Å²) in [4.78, 5) is 23.4. The summed E-state index contributed by atoms with van der Waals surface area (Å²) < 4.78 is 36.1. The summed E-state index contributed by atoms with van der Waals surface area (Å²) in [5.74, 6) is -0.442. The van der Waals surface area contributed by atoms with Crippen LogP contribution >= 0.6 is 23.7 Å². The number of imidazole rings is 1. The Kier molecular flexibility index (Phi) is 7.92. The van der Waals surface area contributed by atoms with Crippen molar-refractivity contribution in [3.05, 3.63) is 103 Å². The van der Waals surface area contributed by atoms with E-state index in [0.717, 1.165) is 17.4 Å². The lowest BCUT2D eigenvalue weighted by atomic mass is 10.2. The molecule has 2 aromatic heterocycles. The molecular formula is C26H21ClF2N4O2S. The quantitative estimate of drug-likeness (QED) is 0.225. The number of halogens is 3. The van der Waals surface area contributed by atoms with Crippen molar-refractivity contribution in [2.75, 3.05) is 11.4 Å². The Morgan fingerprint density at radius 2 is 1.78 bits per heavy atom. The molecule has 0 N–H and O–H groups in total.